The Morgan fingerprint density at radius 2 is 0.935 bits per heavy atom. The molecule has 10 aromatic carbocycles. The quantitative estimate of drug-likeness (QED) is 0.174. The SMILES string of the molecule is c1ccc(-c2nc(-c3cccc4ccccc34)nc(-c3ccc(-n4c5cc6ccccc6cc5c5c6ccccc6c(-c6ccccc6)cc54)c4oc5ccccc5c34)n2)cc1. The molecule has 62 heavy (non-hydrogen) atoms. The number of furan rings is 1. The summed E-state index contributed by atoms with van der Waals surface area (Å²) in [6.07, 6.45) is 0. The molecular formula is C57H34N4O. The lowest BCUT2D eigenvalue weighted by Gasteiger charge is -2.14. The molecular weight excluding hydrogens is 757 g/mol. The van der Waals surface area contributed by atoms with Crippen LogP contribution in [0.5, 0.6) is 0 Å². The van der Waals surface area contributed by atoms with E-state index in [1.807, 2.05) is 30.3 Å². The largest absolute Gasteiger partial charge is 0.454 e. The highest BCUT2D eigenvalue weighted by Crippen LogP contribution is 2.46. The average molecular weight is 791 g/mol. The fraction of sp³-hybridized carbons (Fsp3) is 0. The Morgan fingerprint density at radius 1 is 0.339 bits per heavy atom. The standard InChI is InChI=1S/C57H34N4O/c1-3-16-36(17-4-1)46-34-50-52(42-26-12-11-25-41(42)46)47-32-38-21-7-8-22-39(38)33-49(47)61(50)48-31-30-45(53-44-27-13-14-29-51(44)62-54(48)53)57-59-55(37-19-5-2-6-20-37)58-56(60-57)43-28-15-23-35-18-9-10-24-40(35)43/h1-34H. The van der Waals surface area contributed by atoms with Gasteiger partial charge < -0.3 is 8.98 Å². The van der Waals surface area contributed by atoms with Crippen molar-refractivity contribution in [3.8, 4) is 51.0 Å². The van der Waals surface area contributed by atoms with Crippen LogP contribution in [0.3, 0.4) is 0 Å². The van der Waals surface area contributed by atoms with Gasteiger partial charge in [-0.1, -0.05) is 170 Å². The van der Waals surface area contributed by atoms with Crippen LogP contribution < -0.4 is 0 Å². The molecule has 0 aliphatic carbocycles. The molecule has 0 radical (unpaired) electrons. The molecule has 0 spiro atoms. The van der Waals surface area contributed by atoms with Gasteiger partial charge in [-0.25, -0.2) is 15.0 Å². The molecule has 13 rings (SSSR count). The predicted octanol–water partition coefficient (Wildman–Crippen LogP) is 15.0. The molecule has 0 bridgehead atoms. The van der Waals surface area contributed by atoms with E-state index in [0.29, 0.717) is 17.5 Å². The molecule has 5 heteroatoms. The number of aromatic nitrogens is 4. The topological polar surface area (TPSA) is 56.7 Å². The number of rotatable bonds is 5. The lowest BCUT2D eigenvalue weighted by atomic mass is 9.94. The summed E-state index contributed by atoms with van der Waals surface area (Å²) in [5, 5.41) is 11.4. The third-order valence-corrected chi connectivity index (χ3v) is 12.4. The first-order chi connectivity index (χ1) is 30.7. The molecule has 0 aliphatic rings. The van der Waals surface area contributed by atoms with E-state index in [2.05, 4.69) is 180 Å². The molecule has 0 aliphatic heterocycles. The van der Waals surface area contributed by atoms with Gasteiger partial charge in [-0.2, -0.15) is 0 Å². The van der Waals surface area contributed by atoms with Crippen LogP contribution in [0.1, 0.15) is 0 Å². The number of hydrogen-bond acceptors (Lipinski definition) is 4. The van der Waals surface area contributed by atoms with Crippen molar-refractivity contribution in [2.24, 2.45) is 0 Å². The van der Waals surface area contributed by atoms with Crippen LogP contribution in [0.4, 0.5) is 0 Å². The molecule has 288 valence electrons. The fourth-order valence-corrected chi connectivity index (χ4v) is 9.61. The Balaban J connectivity index is 1.15. The Hall–Kier alpha value is -8.41. The van der Waals surface area contributed by atoms with Crippen molar-refractivity contribution in [3.05, 3.63) is 206 Å². The van der Waals surface area contributed by atoms with Gasteiger partial charge in [0.1, 0.15) is 5.58 Å². The summed E-state index contributed by atoms with van der Waals surface area (Å²) in [5.41, 5.74) is 9.80. The van der Waals surface area contributed by atoms with Gasteiger partial charge in [-0.3, -0.25) is 0 Å². The smallest absolute Gasteiger partial charge is 0.164 e. The summed E-state index contributed by atoms with van der Waals surface area (Å²) in [6.45, 7) is 0. The van der Waals surface area contributed by atoms with Crippen molar-refractivity contribution >= 4 is 76.1 Å². The molecule has 13 aromatic rings. The molecule has 3 heterocycles. The molecule has 0 saturated heterocycles. The first kappa shape index (κ1) is 34.5. The second kappa shape index (κ2) is 13.6. The Morgan fingerprint density at radius 3 is 1.73 bits per heavy atom. The van der Waals surface area contributed by atoms with Crippen molar-refractivity contribution in [1.29, 1.82) is 0 Å². The Kier molecular flexibility index (Phi) is 7.54. The maximum Gasteiger partial charge on any atom is 0.164 e. The van der Waals surface area contributed by atoms with Crippen LogP contribution in [0.25, 0.3) is 127 Å². The lowest BCUT2D eigenvalue weighted by Crippen LogP contribution is -2.01. The summed E-state index contributed by atoms with van der Waals surface area (Å²) in [4.78, 5) is 15.7. The molecule has 0 atom stereocenters. The predicted molar refractivity (Wildman–Crippen MR) is 256 cm³/mol. The summed E-state index contributed by atoms with van der Waals surface area (Å²) in [5.74, 6) is 1.80. The van der Waals surface area contributed by atoms with Crippen LogP contribution in [-0.4, -0.2) is 19.5 Å². The minimum absolute atomic E-state index is 0.579. The van der Waals surface area contributed by atoms with Gasteiger partial charge >= 0.3 is 0 Å². The van der Waals surface area contributed by atoms with Crippen molar-refractivity contribution < 1.29 is 4.42 Å². The van der Waals surface area contributed by atoms with E-state index in [1.165, 1.54) is 43.4 Å². The first-order valence-corrected chi connectivity index (χ1v) is 20.9. The van der Waals surface area contributed by atoms with E-state index in [9.17, 15) is 0 Å². The molecule has 0 fully saturated rings. The molecule has 0 unspecified atom stereocenters. The maximum atomic E-state index is 7.05. The zero-order chi connectivity index (χ0) is 40.7. The molecule has 3 aromatic heterocycles. The van der Waals surface area contributed by atoms with Crippen molar-refractivity contribution in [3.63, 3.8) is 0 Å². The highest BCUT2D eigenvalue weighted by atomic mass is 16.3. The highest BCUT2D eigenvalue weighted by Gasteiger charge is 2.25. The third-order valence-electron chi connectivity index (χ3n) is 12.4. The van der Waals surface area contributed by atoms with E-state index in [1.54, 1.807) is 0 Å². The summed E-state index contributed by atoms with van der Waals surface area (Å²) < 4.78 is 9.46. The van der Waals surface area contributed by atoms with Crippen LogP contribution in [0.2, 0.25) is 0 Å². The van der Waals surface area contributed by atoms with Gasteiger partial charge in [-0.05, 0) is 79.8 Å². The van der Waals surface area contributed by atoms with Crippen LogP contribution >= 0.6 is 0 Å². The monoisotopic (exact) mass is 790 g/mol. The normalized spacial score (nSPS) is 11.9. The lowest BCUT2D eigenvalue weighted by molar-refractivity contribution is 0.666. The van der Waals surface area contributed by atoms with Gasteiger partial charge in [0.15, 0.2) is 23.1 Å². The summed E-state index contributed by atoms with van der Waals surface area (Å²) in [7, 11) is 0. The number of hydrogen-bond donors (Lipinski definition) is 0. The van der Waals surface area contributed by atoms with Gasteiger partial charge in [0.25, 0.3) is 0 Å². The van der Waals surface area contributed by atoms with E-state index >= 15 is 0 Å². The summed E-state index contributed by atoms with van der Waals surface area (Å²) in [6, 6.07) is 72.7. The third kappa shape index (κ3) is 5.25. The Bertz CT molecular complexity index is 3920. The number of fused-ring (bicyclic) bond motifs is 10. The second-order valence-electron chi connectivity index (χ2n) is 15.9. The maximum absolute atomic E-state index is 7.05. The number of nitrogens with zero attached hydrogens (tertiary/aromatic N) is 4. The highest BCUT2D eigenvalue weighted by molar-refractivity contribution is 6.26. The van der Waals surface area contributed by atoms with Crippen LogP contribution in [0, 0.1) is 0 Å². The van der Waals surface area contributed by atoms with Crippen LogP contribution in [0.15, 0.2) is 211 Å². The minimum Gasteiger partial charge on any atom is -0.454 e. The van der Waals surface area contributed by atoms with Gasteiger partial charge in [0.2, 0.25) is 0 Å². The Labute approximate surface area is 355 Å². The molecule has 0 N–H and O–H groups in total. The fourth-order valence-electron chi connectivity index (χ4n) is 9.61. The van der Waals surface area contributed by atoms with Gasteiger partial charge in [-0.15, -0.1) is 0 Å². The average Bonchev–Trinajstić information content (AvgIpc) is 3.89. The van der Waals surface area contributed by atoms with Crippen molar-refractivity contribution in [2.75, 3.05) is 0 Å². The molecule has 5 nitrogen and oxygen atoms in total. The van der Waals surface area contributed by atoms with Gasteiger partial charge in [0, 0.05) is 38.2 Å². The molecule has 0 saturated carbocycles. The van der Waals surface area contributed by atoms with Crippen molar-refractivity contribution in [2.45, 2.75) is 0 Å². The number of benzene rings is 10. The zero-order valence-corrected chi connectivity index (χ0v) is 33.3. The summed E-state index contributed by atoms with van der Waals surface area (Å²) >= 11 is 0. The van der Waals surface area contributed by atoms with Gasteiger partial charge in [0.05, 0.1) is 16.7 Å². The second-order valence-corrected chi connectivity index (χ2v) is 15.9. The first-order valence-electron chi connectivity index (χ1n) is 20.9. The van der Waals surface area contributed by atoms with E-state index in [0.717, 1.165) is 66.1 Å². The van der Waals surface area contributed by atoms with Crippen molar-refractivity contribution in [1.82, 2.24) is 19.5 Å². The number of para-hydroxylation sites is 1. The van der Waals surface area contributed by atoms with Crippen LogP contribution in [-0.2, 0) is 0 Å². The molecule has 0 amide bonds. The minimum atomic E-state index is 0.579. The van der Waals surface area contributed by atoms with E-state index in [-0.39, 0.29) is 0 Å². The zero-order valence-electron chi connectivity index (χ0n) is 33.3. The van der Waals surface area contributed by atoms with E-state index in [4.69, 9.17) is 19.4 Å². The van der Waals surface area contributed by atoms with E-state index < -0.39 is 0 Å².